The van der Waals surface area contributed by atoms with E-state index in [0.29, 0.717) is 11.5 Å². The van der Waals surface area contributed by atoms with E-state index in [1.807, 2.05) is 31.2 Å². The Balaban J connectivity index is 1.98. The van der Waals surface area contributed by atoms with Crippen molar-refractivity contribution in [1.82, 2.24) is 5.32 Å². The molecule has 24 heavy (non-hydrogen) atoms. The van der Waals surface area contributed by atoms with Crippen LogP contribution in [0.1, 0.15) is 16.7 Å². The maximum absolute atomic E-state index is 6.09. The van der Waals surface area contributed by atoms with Crippen molar-refractivity contribution in [3.8, 4) is 17.2 Å². The van der Waals surface area contributed by atoms with Gasteiger partial charge in [0.2, 0.25) is 0 Å². The summed E-state index contributed by atoms with van der Waals surface area (Å²) < 4.78 is 16.1. The SMILES string of the molecule is COc1cc(OC)c(OC)cc1CCNCc1cc(C)cc(Cl)c1. The molecule has 0 bridgehead atoms. The Kier molecular flexibility index (Phi) is 6.76. The maximum atomic E-state index is 6.09. The molecule has 0 spiro atoms. The van der Waals surface area contributed by atoms with Crippen molar-refractivity contribution in [2.45, 2.75) is 19.9 Å². The first-order chi connectivity index (χ1) is 11.6. The number of ether oxygens (including phenoxy) is 3. The van der Waals surface area contributed by atoms with E-state index in [1.54, 1.807) is 21.3 Å². The number of benzene rings is 2. The molecule has 2 aromatic rings. The molecule has 0 heterocycles. The highest BCUT2D eigenvalue weighted by atomic mass is 35.5. The Labute approximate surface area is 148 Å². The first kappa shape index (κ1) is 18.4. The van der Waals surface area contributed by atoms with Crippen LogP contribution in [-0.4, -0.2) is 27.9 Å². The predicted molar refractivity (Wildman–Crippen MR) is 97.7 cm³/mol. The molecule has 5 heteroatoms. The smallest absolute Gasteiger partial charge is 0.164 e. The van der Waals surface area contributed by atoms with E-state index >= 15 is 0 Å². The highest BCUT2D eigenvalue weighted by molar-refractivity contribution is 6.30. The lowest BCUT2D eigenvalue weighted by Gasteiger charge is -2.14. The van der Waals surface area contributed by atoms with Crippen molar-refractivity contribution in [1.29, 1.82) is 0 Å². The Bertz CT molecular complexity index is 668. The highest BCUT2D eigenvalue weighted by Gasteiger charge is 2.11. The summed E-state index contributed by atoms with van der Waals surface area (Å²) in [6.45, 7) is 3.64. The fourth-order valence-electron chi connectivity index (χ4n) is 2.66. The van der Waals surface area contributed by atoms with Gasteiger partial charge in [-0.3, -0.25) is 0 Å². The average Bonchev–Trinajstić information content (AvgIpc) is 2.57. The van der Waals surface area contributed by atoms with Gasteiger partial charge in [-0.15, -0.1) is 0 Å². The third kappa shape index (κ3) is 4.79. The maximum Gasteiger partial charge on any atom is 0.164 e. The van der Waals surface area contributed by atoms with Crippen molar-refractivity contribution in [2.24, 2.45) is 0 Å². The average molecular weight is 350 g/mol. The molecule has 0 aromatic heterocycles. The molecule has 0 saturated carbocycles. The summed E-state index contributed by atoms with van der Waals surface area (Å²) >= 11 is 6.09. The van der Waals surface area contributed by atoms with Crippen LogP contribution >= 0.6 is 11.6 Å². The number of methoxy groups -OCH3 is 3. The fourth-order valence-corrected chi connectivity index (χ4v) is 2.97. The Morgan fingerprint density at radius 1 is 0.875 bits per heavy atom. The van der Waals surface area contributed by atoms with E-state index in [-0.39, 0.29) is 0 Å². The summed E-state index contributed by atoms with van der Waals surface area (Å²) in [7, 11) is 4.91. The lowest BCUT2D eigenvalue weighted by Crippen LogP contribution is -2.17. The van der Waals surface area contributed by atoms with Crippen LogP contribution in [-0.2, 0) is 13.0 Å². The lowest BCUT2D eigenvalue weighted by molar-refractivity contribution is 0.347. The van der Waals surface area contributed by atoms with Crippen molar-refractivity contribution >= 4 is 11.6 Å². The summed E-state index contributed by atoms with van der Waals surface area (Å²) in [6, 6.07) is 9.89. The van der Waals surface area contributed by atoms with Crippen LogP contribution in [0, 0.1) is 6.92 Å². The van der Waals surface area contributed by atoms with Crippen molar-refractivity contribution in [3.05, 3.63) is 52.0 Å². The lowest BCUT2D eigenvalue weighted by atomic mass is 10.1. The molecule has 0 aliphatic heterocycles. The van der Waals surface area contributed by atoms with Gasteiger partial charge in [-0.05, 0) is 54.8 Å². The number of halogens is 1. The minimum absolute atomic E-state index is 0.667. The van der Waals surface area contributed by atoms with Crippen LogP contribution in [0.3, 0.4) is 0 Å². The molecular formula is C19H24ClNO3. The molecule has 0 saturated heterocycles. The van der Waals surface area contributed by atoms with E-state index < -0.39 is 0 Å². The van der Waals surface area contributed by atoms with Gasteiger partial charge in [-0.25, -0.2) is 0 Å². The van der Waals surface area contributed by atoms with Crippen molar-refractivity contribution < 1.29 is 14.2 Å². The molecular weight excluding hydrogens is 326 g/mol. The van der Waals surface area contributed by atoms with Gasteiger partial charge >= 0.3 is 0 Å². The number of aryl methyl sites for hydroxylation is 1. The Morgan fingerprint density at radius 2 is 1.54 bits per heavy atom. The largest absolute Gasteiger partial charge is 0.496 e. The van der Waals surface area contributed by atoms with E-state index in [2.05, 4.69) is 11.4 Å². The van der Waals surface area contributed by atoms with Crippen molar-refractivity contribution in [3.63, 3.8) is 0 Å². The second-order valence-electron chi connectivity index (χ2n) is 5.58. The molecule has 0 amide bonds. The van der Waals surface area contributed by atoms with E-state index in [0.717, 1.165) is 35.8 Å². The summed E-state index contributed by atoms with van der Waals surface area (Å²) in [5.74, 6) is 2.17. The predicted octanol–water partition coefficient (Wildman–Crippen LogP) is 4.01. The quantitative estimate of drug-likeness (QED) is 0.731. The summed E-state index contributed by atoms with van der Waals surface area (Å²) in [5.41, 5.74) is 3.42. The third-order valence-corrected chi connectivity index (χ3v) is 4.01. The van der Waals surface area contributed by atoms with Gasteiger partial charge in [0.05, 0.1) is 21.3 Å². The first-order valence-corrected chi connectivity index (χ1v) is 8.21. The Morgan fingerprint density at radius 3 is 2.17 bits per heavy atom. The van der Waals surface area contributed by atoms with E-state index in [4.69, 9.17) is 25.8 Å². The molecule has 1 N–H and O–H groups in total. The number of rotatable bonds is 8. The molecule has 2 aromatic carbocycles. The van der Waals surface area contributed by atoms with E-state index in [1.165, 1.54) is 11.1 Å². The van der Waals surface area contributed by atoms with Gasteiger partial charge in [0.1, 0.15) is 5.75 Å². The van der Waals surface area contributed by atoms with Gasteiger partial charge in [0.15, 0.2) is 11.5 Å². The molecule has 0 fully saturated rings. The normalized spacial score (nSPS) is 10.5. The van der Waals surface area contributed by atoms with Crippen LogP contribution in [0.5, 0.6) is 17.2 Å². The van der Waals surface area contributed by atoms with Crippen LogP contribution < -0.4 is 19.5 Å². The van der Waals surface area contributed by atoms with Crippen LogP contribution in [0.2, 0.25) is 5.02 Å². The molecule has 130 valence electrons. The number of nitrogens with one attached hydrogen (secondary N) is 1. The summed E-state index contributed by atoms with van der Waals surface area (Å²) in [4.78, 5) is 0. The monoisotopic (exact) mass is 349 g/mol. The fraction of sp³-hybridized carbons (Fsp3) is 0.368. The molecule has 0 radical (unpaired) electrons. The minimum Gasteiger partial charge on any atom is -0.496 e. The van der Waals surface area contributed by atoms with Gasteiger partial charge in [-0.1, -0.05) is 17.7 Å². The van der Waals surface area contributed by atoms with Gasteiger partial charge in [0.25, 0.3) is 0 Å². The summed E-state index contributed by atoms with van der Waals surface area (Å²) in [5, 5.41) is 4.21. The number of hydrogen-bond acceptors (Lipinski definition) is 4. The number of hydrogen-bond donors (Lipinski definition) is 1. The van der Waals surface area contributed by atoms with Gasteiger partial charge in [0, 0.05) is 17.6 Å². The van der Waals surface area contributed by atoms with E-state index in [9.17, 15) is 0 Å². The van der Waals surface area contributed by atoms with Crippen LogP contribution in [0.15, 0.2) is 30.3 Å². The topological polar surface area (TPSA) is 39.7 Å². The zero-order chi connectivity index (χ0) is 17.5. The highest BCUT2D eigenvalue weighted by Crippen LogP contribution is 2.34. The van der Waals surface area contributed by atoms with Gasteiger partial charge < -0.3 is 19.5 Å². The second kappa shape index (κ2) is 8.81. The van der Waals surface area contributed by atoms with Crippen LogP contribution in [0.4, 0.5) is 0 Å². The molecule has 0 unspecified atom stereocenters. The molecule has 2 rings (SSSR count). The molecule has 4 nitrogen and oxygen atoms in total. The standard InChI is InChI=1S/C19H24ClNO3/c1-13-7-14(9-16(20)8-13)12-21-6-5-15-10-18(23-3)19(24-4)11-17(15)22-2/h7-11,21H,5-6,12H2,1-4H3. The first-order valence-electron chi connectivity index (χ1n) is 7.83. The molecule has 0 aliphatic rings. The zero-order valence-corrected chi connectivity index (χ0v) is 15.4. The minimum atomic E-state index is 0.667. The zero-order valence-electron chi connectivity index (χ0n) is 14.6. The second-order valence-corrected chi connectivity index (χ2v) is 6.02. The molecule has 0 atom stereocenters. The van der Waals surface area contributed by atoms with Gasteiger partial charge in [-0.2, -0.15) is 0 Å². The third-order valence-electron chi connectivity index (χ3n) is 3.79. The van der Waals surface area contributed by atoms with Crippen LogP contribution in [0.25, 0.3) is 0 Å². The Hall–Kier alpha value is -1.91. The van der Waals surface area contributed by atoms with Crippen molar-refractivity contribution in [2.75, 3.05) is 27.9 Å². The summed E-state index contributed by atoms with van der Waals surface area (Å²) in [6.07, 6.45) is 0.822. The molecule has 0 aliphatic carbocycles.